The Morgan fingerprint density at radius 1 is 1.43 bits per heavy atom. The van der Waals surface area contributed by atoms with Gasteiger partial charge in [-0.25, -0.2) is 0 Å². The average Bonchev–Trinajstić information content (AvgIpc) is 3.19. The highest BCUT2D eigenvalue weighted by Gasteiger charge is 2.34. The van der Waals surface area contributed by atoms with Crippen molar-refractivity contribution < 1.29 is 9.21 Å². The van der Waals surface area contributed by atoms with Crippen LogP contribution in [-0.2, 0) is 0 Å². The lowest BCUT2D eigenvalue weighted by Gasteiger charge is -2.32. The maximum Gasteiger partial charge on any atom is 0.289 e. The van der Waals surface area contributed by atoms with E-state index >= 15 is 0 Å². The summed E-state index contributed by atoms with van der Waals surface area (Å²) in [6.45, 7) is 3.34. The molecule has 0 spiro atoms. The molecule has 2 aliphatic rings. The average molecular weight is 332 g/mol. The number of aryl methyl sites for hydroxylation is 1. The van der Waals surface area contributed by atoms with E-state index in [0.29, 0.717) is 23.1 Å². The van der Waals surface area contributed by atoms with Gasteiger partial charge in [0.1, 0.15) is 5.82 Å². The molecule has 7 heteroatoms. The van der Waals surface area contributed by atoms with Crippen LogP contribution < -0.4 is 0 Å². The number of hydrogen-bond acceptors (Lipinski definition) is 4. The lowest BCUT2D eigenvalue weighted by molar-refractivity contribution is 0.0670. The summed E-state index contributed by atoms with van der Waals surface area (Å²) in [5, 5.41) is 7.39. The zero-order valence-corrected chi connectivity index (χ0v) is 13.9. The van der Waals surface area contributed by atoms with Crippen LogP contribution in [-0.4, -0.2) is 38.7 Å². The van der Waals surface area contributed by atoms with Crippen molar-refractivity contribution in [2.24, 2.45) is 0 Å². The predicted octanol–water partition coefficient (Wildman–Crippen LogP) is 3.20. The summed E-state index contributed by atoms with van der Waals surface area (Å²) < 4.78 is 8.22. The van der Waals surface area contributed by atoms with Gasteiger partial charge in [-0.3, -0.25) is 9.89 Å². The van der Waals surface area contributed by atoms with Crippen molar-refractivity contribution in [3.05, 3.63) is 34.2 Å². The second kappa shape index (κ2) is 5.63. The normalized spacial score (nSPS) is 21.6. The van der Waals surface area contributed by atoms with Gasteiger partial charge in [0.15, 0.2) is 10.5 Å². The molecular weight excluding hydrogens is 312 g/mol. The van der Waals surface area contributed by atoms with E-state index in [2.05, 4.69) is 14.8 Å². The molecule has 1 amide bonds. The number of furan rings is 1. The zero-order valence-electron chi connectivity index (χ0n) is 13.1. The summed E-state index contributed by atoms with van der Waals surface area (Å²) in [6, 6.07) is 2.32. The molecule has 0 bridgehead atoms. The van der Waals surface area contributed by atoms with E-state index in [1.807, 2.05) is 17.9 Å². The SMILES string of the molecule is Cc1ccoc1C(=O)N1CCCC(c2n[nH]c(=S)n2C2CC2)C1. The van der Waals surface area contributed by atoms with E-state index in [1.165, 1.54) is 12.8 Å². The van der Waals surface area contributed by atoms with E-state index in [1.54, 1.807) is 6.26 Å². The highest BCUT2D eigenvalue weighted by atomic mass is 32.1. The van der Waals surface area contributed by atoms with Crippen LogP contribution in [0.4, 0.5) is 0 Å². The van der Waals surface area contributed by atoms with Crippen molar-refractivity contribution in [1.29, 1.82) is 0 Å². The number of aromatic amines is 1. The van der Waals surface area contributed by atoms with Crippen LogP contribution in [0.25, 0.3) is 0 Å². The van der Waals surface area contributed by atoms with Crippen LogP contribution in [0, 0.1) is 11.7 Å². The van der Waals surface area contributed by atoms with Crippen LogP contribution in [0.1, 0.15) is 59.6 Å². The van der Waals surface area contributed by atoms with E-state index in [0.717, 1.165) is 30.8 Å². The van der Waals surface area contributed by atoms with Gasteiger partial charge < -0.3 is 13.9 Å². The fourth-order valence-electron chi connectivity index (χ4n) is 3.40. The molecule has 2 aromatic rings. The number of carbonyl (C=O) groups is 1. The first-order chi connectivity index (χ1) is 11.1. The molecule has 1 atom stereocenters. The number of nitrogens with zero attached hydrogens (tertiary/aromatic N) is 3. The third-order valence-corrected chi connectivity index (χ3v) is 5.06. The molecule has 2 aromatic heterocycles. The first-order valence-corrected chi connectivity index (χ1v) is 8.56. The molecule has 3 heterocycles. The number of amides is 1. The maximum absolute atomic E-state index is 12.7. The smallest absolute Gasteiger partial charge is 0.289 e. The largest absolute Gasteiger partial charge is 0.459 e. The number of hydrogen-bond donors (Lipinski definition) is 1. The summed E-state index contributed by atoms with van der Waals surface area (Å²) in [5.74, 6) is 1.67. The van der Waals surface area contributed by atoms with Gasteiger partial charge in [0.2, 0.25) is 0 Å². The topological polar surface area (TPSA) is 67.1 Å². The van der Waals surface area contributed by atoms with Gasteiger partial charge in [-0.05, 0) is 50.9 Å². The number of aromatic nitrogens is 3. The Hall–Kier alpha value is -1.89. The third kappa shape index (κ3) is 2.63. The number of carbonyl (C=O) groups excluding carboxylic acids is 1. The van der Waals surface area contributed by atoms with Gasteiger partial charge in [0.05, 0.1) is 6.26 Å². The molecular formula is C16H20N4O2S. The second-order valence-corrected chi connectivity index (χ2v) is 6.90. The van der Waals surface area contributed by atoms with Gasteiger partial charge in [-0.1, -0.05) is 0 Å². The van der Waals surface area contributed by atoms with Gasteiger partial charge in [-0.15, -0.1) is 0 Å². The molecule has 1 N–H and O–H groups in total. The van der Waals surface area contributed by atoms with Crippen LogP contribution in [0.5, 0.6) is 0 Å². The van der Waals surface area contributed by atoms with Gasteiger partial charge in [-0.2, -0.15) is 5.10 Å². The van der Waals surface area contributed by atoms with E-state index < -0.39 is 0 Å². The standard InChI is InChI=1S/C16H20N4O2S/c1-10-6-8-22-13(10)15(21)19-7-2-3-11(9-19)14-17-18-16(23)20(14)12-4-5-12/h6,8,11-12H,2-5,7,9H2,1H3,(H,18,23). The minimum Gasteiger partial charge on any atom is -0.459 e. The Morgan fingerprint density at radius 3 is 2.96 bits per heavy atom. The number of likely N-dealkylation sites (tertiary alicyclic amines) is 1. The lowest BCUT2D eigenvalue weighted by atomic mass is 9.96. The van der Waals surface area contributed by atoms with E-state index in [4.69, 9.17) is 16.6 Å². The van der Waals surface area contributed by atoms with E-state index in [9.17, 15) is 4.79 Å². The number of piperidine rings is 1. The summed E-state index contributed by atoms with van der Waals surface area (Å²) in [6.07, 6.45) is 5.92. The second-order valence-electron chi connectivity index (χ2n) is 6.51. The van der Waals surface area contributed by atoms with Crippen molar-refractivity contribution >= 4 is 18.1 Å². The number of nitrogens with one attached hydrogen (secondary N) is 1. The highest BCUT2D eigenvalue weighted by Crippen LogP contribution is 2.38. The molecule has 2 fully saturated rings. The minimum atomic E-state index is -0.0238. The van der Waals surface area contributed by atoms with Crippen molar-refractivity contribution in [2.45, 2.75) is 44.6 Å². The number of H-pyrrole nitrogens is 1. The van der Waals surface area contributed by atoms with Crippen LogP contribution in [0.15, 0.2) is 16.7 Å². The Labute approximate surface area is 139 Å². The Kier molecular flexibility index (Phi) is 3.60. The first kappa shape index (κ1) is 14.7. The van der Waals surface area contributed by atoms with Crippen molar-refractivity contribution in [3.63, 3.8) is 0 Å². The zero-order chi connectivity index (χ0) is 16.0. The third-order valence-electron chi connectivity index (χ3n) is 4.77. The molecule has 1 saturated carbocycles. The van der Waals surface area contributed by atoms with Gasteiger partial charge in [0, 0.05) is 30.6 Å². The first-order valence-electron chi connectivity index (χ1n) is 8.15. The summed E-state index contributed by atoms with van der Waals surface area (Å²) in [4.78, 5) is 14.6. The predicted molar refractivity (Wildman–Crippen MR) is 87.0 cm³/mol. The molecule has 1 aliphatic heterocycles. The maximum atomic E-state index is 12.7. The number of rotatable bonds is 3. The molecule has 0 radical (unpaired) electrons. The van der Waals surface area contributed by atoms with Crippen molar-refractivity contribution in [3.8, 4) is 0 Å². The molecule has 6 nitrogen and oxygen atoms in total. The minimum absolute atomic E-state index is 0.0238. The molecule has 4 rings (SSSR count). The summed E-state index contributed by atoms with van der Waals surface area (Å²) in [5.41, 5.74) is 0.887. The van der Waals surface area contributed by atoms with Gasteiger partial charge >= 0.3 is 0 Å². The molecule has 1 aliphatic carbocycles. The van der Waals surface area contributed by atoms with Crippen molar-refractivity contribution in [1.82, 2.24) is 19.7 Å². The Bertz CT molecular complexity index is 786. The van der Waals surface area contributed by atoms with Gasteiger partial charge in [0.25, 0.3) is 5.91 Å². The Morgan fingerprint density at radius 2 is 2.26 bits per heavy atom. The fraction of sp³-hybridized carbons (Fsp3) is 0.562. The quantitative estimate of drug-likeness (QED) is 0.877. The summed E-state index contributed by atoms with van der Waals surface area (Å²) in [7, 11) is 0. The van der Waals surface area contributed by atoms with Crippen LogP contribution in [0.2, 0.25) is 0 Å². The lowest BCUT2D eigenvalue weighted by Crippen LogP contribution is -2.39. The monoisotopic (exact) mass is 332 g/mol. The molecule has 0 aromatic carbocycles. The molecule has 1 saturated heterocycles. The molecule has 122 valence electrons. The highest BCUT2D eigenvalue weighted by molar-refractivity contribution is 7.71. The molecule has 1 unspecified atom stereocenters. The fourth-order valence-corrected chi connectivity index (χ4v) is 3.69. The van der Waals surface area contributed by atoms with E-state index in [-0.39, 0.29) is 11.8 Å². The van der Waals surface area contributed by atoms with Crippen LogP contribution >= 0.6 is 12.2 Å². The van der Waals surface area contributed by atoms with Crippen molar-refractivity contribution in [2.75, 3.05) is 13.1 Å². The molecule has 23 heavy (non-hydrogen) atoms. The van der Waals surface area contributed by atoms with Crippen LogP contribution in [0.3, 0.4) is 0 Å². The summed E-state index contributed by atoms with van der Waals surface area (Å²) >= 11 is 5.37. The Balaban J connectivity index is 1.57.